The van der Waals surface area contributed by atoms with E-state index in [1.807, 2.05) is 41.3 Å². The third kappa shape index (κ3) is 4.50. The van der Waals surface area contributed by atoms with E-state index in [9.17, 15) is 4.79 Å². The molecule has 6 heteroatoms. The molecule has 142 valence electrons. The van der Waals surface area contributed by atoms with Crippen LogP contribution in [-0.2, 0) is 11.3 Å². The first-order chi connectivity index (χ1) is 13.2. The Morgan fingerprint density at radius 1 is 1.00 bits per heavy atom. The van der Waals surface area contributed by atoms with Crippen LogP contribution < -0.4 is 10.9 Å². The average molecular weight is 385 g/mol. The Bertz CT molecular complexity index is 777. The van der Waals surface area contributed by atoms with Crippen LogP contribution >= 0.6 is 11.6 Å². The molecule has 1 amide bonds. The Labute approximate surface area is 165 Å². The lowest BCUT2D eigenvalue weighted by Gasteiger charge is -2.35. The molecule has 0 spiro atoms. The first kappa shape index (κ1) is 18.4. The Morgan fingerprint density at radius 3 is 2.52 bits per heavy atom. The minimum atomic E-state index is -0.158. The summed E-state index contributed by atoms with van der Waals surface area (Å²) in [5, 5.41) is 0.772. The van der Waals surface area contributed by atoms with Crippen molar-refractivity contribution >= 4 is 17.5 Å². The number of nitrogens with zero attached hydrogens (tertiary/aromatic N) is 2. The lowest BCUT2D eigenvalue weighted by Crippen LogP contribution is -2.53. The topological polar surface area (TPSA) is 47.6 Å². The number of rotatable bonds is 4. The van der Waals surface area contributed by atoms with Gasteiger partial charge in [0.2, 0.25) is 5.91 Å². The molecule has 2 saturated heterocycles. The molecular formula is C21H25ClN4O. The van der Waals surface area contributed by atoms with E-state index in [1.165, 1.54) is 11.1 Å². The molecule has 2 atom stereocenters. The highest BCUT2D eigenvalue weighted by molar-refractivity contribution is 6.30. The van der Waals surface area contributed by atoms with Gasteiger partial charge in [-0.25, -0.2) is 10.9 Å². The Kier molecular flexibility index (Phi) is 5.74. The average Bonchev–Trinajstić information content (AvgIpc) is 3.19. The fourth-order valence-corrected chi connectivity index (χ4v) is 4.08. The van der Waals surface area contributed by atoms with Crippen molar-refractivity contribution < 1.29 is 4.79 Å². The molecule has 2 aliphatic rings. The quantitative estimate of drug-likeness (QED) is 0.850. The molecule has 2 N–H and O–H groups in total. The van der Waals surface area contributed by atoms with Gasteiger partial charge in [0.15, 0.2) is 0 Å². The molecule has 2 aliphatic heterocycles. The monoisotopic (exact) mass is 384 g/mol. The molecule has 4 rings (SSSR count). The number of carbonyl (C=O) groups excluding carboxylic acids is 1. The molecule has 2 fully saturated rings. The second kappa shape index (κ2) is 8.40. The summed E-state index contributed by atoms with van der Waals surface area (Å²) >= 11 is 6.07. The zero-order chi connectivity index (χ0) is 18.6. The molecule has 2 aromatic rings. The van der Waals surface area contributed by atoms with E-state index in [2.05, 4.69) is 34.0 Å². The van der Waals surface area contributed by atoms with E-state index >= 15 is 0 Å². The standard InChI is InChI=1S/C21H25ClN4O/c22-18-8-4-5-16(13-18)15-25-9-11-26(12-10-25)21(27)20-14-19(23-24-20)17-6-2-1-3-7-17/h1-8,13,19-20,23-24H,9-12,14-15H2. The van der Waals surface area contributed by atoms with Crippen molar-refractivity contribution in [2.75, 3.05) is 26.2 Å². The van der Waals surface area contributed by atoms with Gasteiger partial charge in [-0.2, -0.15) is 0 Å². The molecule has 2 heterocycles. The molecule has 0 radical (unpaired) electrons. The number of nitrogens with one attached hydrogen (secondary N) is 2. The summed E-state index contributed by atoms with van der Waals surface area (Å²) in [4.78, 5) is 17.2. The largest absolute Gasteiger partial charge is 0.339 e. The Hall–Kier alpha value is -1.92. The predicted molar refractivity (Wildman–Crippen MR) is 107 cm³/mol. The zero-order valence-electron chi connectivity index (χ0n) is 15.3. The normalized spacial score (nSPS) is 23.5. The highest BCUT2D eigenvalue weighted by atomic mass is 35.5. The van der Waals surface area contributed by atoms with E-state index in [0.717, 1.165) is 44.2 Å². The van der Waals surface area contributed by atoms with E-state index in [4.69, 9.17) is 11.6 Å². The van der Waals surface area contributed by atoms with Crippen LogP contribution in [-0.4, -0.2) is 47.9 Å². The van der Waals surface area contributed by atoms with Gasteiger partial charge in [0.05, 0.1) is 0 Å². The summed E-state index contributed by atoms with van der Waals surface area (Å²) < 4.78 is 0. The Morgan fingerprint density at radius 2 is 1.78 bits per heavy atom. The van der Waals surface area contributed by atoms with Crippen LogP contribution in [0.25, 0.3) is 0 Å². The van der Waals surface area contributed by atoms with Gasteiger partial charge in [-0.15, -0.1) is 0 Å². The number of halogens is 1. The number of hydrogen-bond donors (Lipinski definition) is 2. The number of amides is 1. The summed E-state index contributed by atoms with van der Waals surface area (Å²) in [6, 6.07) is 18.3. The maximum Gasteiger partial charge on any atom is 0.241 e. The van der Waals surface area contributed by atoms with Gasteiger partial charge in [0.25, 0.3) is 0 Å². The van der Waals surface area contributed by atoms with E-state index in [0.29, 0.717) is 0 Å². The number of benzene rings is 2. The van der Waals surface area contributed by atoms with E-state index < -0.39 is 0 Å². The summed E-state index contributed by atoms with van der Waals surface area (Å²) in [5.41, 5.74) is 8.89. The molecule has 0 aliphatic carbocycles. The summed E-state index contributed by atoms with van der Waals surface area (Å²) in [7, 11) is 0. The van der Waals surface area contributed by atoms with Crippen molar-refractivity contribution in [1.82, 2.24) is 20.7 Å². The van der Waals surface area contributed by atoms with E-state index in [-0.39, 0.29) is 18.0 Å². The first-order valence-corrected chi connectivity index (χ1v) is 9.88. The molecule has 2 aromatic carbocycles. The minimum Gasteiger partial charge on any atom is -0.339 e. The van der Waals surface area contributed by atoms with Gasteiger partial charge in [-0.3, -0.25) is 9.69 Å². The third-order valence-electron chi connectivity index (χ3n) is 5.38. The highest BCUT2D eigenvalue weighted by Crippen LogP contribution is 2.23. The zero-order valence-corrected chi connectivity index (χ0v) is 16.0. The van der Waals surface area contributed by atoms with Crippen LogP contribution in [0.2, 0.25) is 5.02 Å². The SMILES string of the molecule is O=C(C1CC(c2ccccc2)NN1)N1CCN(Cc2cccc(Cl)c2)CC1. The summed E-state index contributed by atoms with van der Waals surface area (Å²) in [6.45, 7) is 4.20. The van der Waals surface area contributed by atoms with Gasteiger partial charge < -0.3 is 4.90 Å². The van der Waals surface area contributed by atoms with Gasteiger partial charge in [-0.1, -0.05) is 54.1 Å². The van der Waals surface area contributed by atoms with Crippen LogP contribution in [0.15, 0.2) is 54.6 Å². The van der Waals surface area contributed by atoms with Crippen LogP contribution in [0.3, 0.4) is 0 Å². The Balaban J connectivity index is 1.28. The van der Waals surface area contributed by atoms with E-state index in [1.54, 1.807) is 0 Å². The van der Waals surface area contributed by atoms with Crippen LogP contribution in [0.5, 0.6) is 0 Å². The number of hydrazine groups is 1. The first-order valence-electron chi connectivity index (χ1n) is 9.50. The molecular weight excluding hydrogens is 360 g/mol. The lowest BCUT2D eigenvalue weighted by atomic mass is 10.0. The van der Waals surface area contributed by atoms with Gasteiger partial charge in [0.1, 0.15) is 6.04 Å². The maximum absolute atomic E-state index is 12.9. The second-order valence-electron chi connectivity index (χ2n) is 7.27. The fourth-order valence-electron chi connectivity index (χ4n) is 3.86. The second-order valence-corrected chi connectivity index (χ2v) is 7.71. The van der Waals surface area contributed by atoms with Gasteiger partial charge in [0, 0.05) is 43.8 Å². The van der Waals surface area contributed by atoms with Crippen LogP contribution in [0.1, 0.15) is 23.6 Å². The molecule has 0 bridgehead atoms. The fraction of sp³-hybridized carbons (Fsp3) is 0.381. The van der Waals surface area contributed by atoms with Crippen molar-refractivity contribution in [3.05, 3.63) is 70.7 Å². The van der Waals surface area contributed by atoms with Crippen molar-refractivity contribution in [2.24, 2.45) is 0 Å². The van der Waals surface area contributed by atoms with Crippen LogP contribution in [0, 0.1) is 0 Å². The highest BCUT2D eigenvalue weighted by Gasteiger charge is 2.33. The third-order valence-corrected chi connectivity index (χ3v) is 5.62. The summed E-state index contributed by atoms with van der Waals surface area (Å²) in [6.07, 6.45) is 0.783. The number of carbonyl (C=O) groups is 1. The number of hydrogen-bond acceptors (Lipinski definition) is 4. The van der Waals surface area contributed by atoms with Gasteiger partial charge >= 0.3 is 0 Å². The predicted octanol–water partition coefficient (Wildman–Crippen LogP) is 2.59. The molecule has 27 heavy (non-hydrogen) atoms. The van der Waals surface area contributed by atoms with Gasteiger partial charge in [-0.05, 0) is 29.7 Å². The smallest absolute Gasteiger partial charge is 0.241 e. The molecule has 2 unspecified atom stereocenters. The molecule has 0 saturated carbocycles. The van der Waals surface area contributed by atoms with Crippen molar-refractivity contribution in [3.63, 3.8) is 0 Å². The maximum atomic E-state index is 12.9. The number of piperazine rings is 1. The molecule has 0 aromatic heterocycles. The van der Waals surface area contributed by atoms with Crippen molar-refractivity contribution in [2.45, 2.75) is 25.0 Å². The lowest BCUT2D eigenvalue weighted by molar-refractivity contribution is -0.135. The van der Waals surface area contributed by atoms with Crippen molar-refractivity contribution in [3.8, 4) is 0 Å². The summed E-state index contributed by atoms with van der Waals surface area (Å²) in [5.74, 6) is 0.198. The van der Waals surface area contributed by atoms with Crippen LogP contribution in [0.4, 0.5) is 0 Å². The molecule has 5 nitrogen and oxygen atoms in total. The minimum absolute atomic E-state index is 0.158. The van der Waals surface area contributed by atoms with Crippen molar-refractivity contribution in [1.29, 1.82) is 0 Å².